The first-order valence-corrected chi connectivity index (χ1v) is 10.6. The molecule has 0 saturated heterocycles. The molecule has 7 heteroatoms. The highest BCUT2D eigenvalue weighted by atomic mass is 32.2. The lowest BCUT2D eigenvalue weighted by Gasteiger charge is -2.19. The number of amides is 2. The van der Waals surface area contributed by atoms with E-state index >= 15 is 0 Å². The van der Waals surface area contributed by atoms with E-state index in [1.54, 1.807) is 42.5 Å². The summed E-state index contributed by atoms with van der Waals surface area (Å²) in [5, 5.41) is 5.59. The average Bonchev–Trinajstić information content (AvgIpc) is 2.82. The van der Waals surface area contributed by atoms with Crippen molar-refractivity contribution in [1.29, 1.82) is 0 Å². The van der Waals surface area contributed by atoms with Gasteiger partial charge in [0.25, 0.3) is 5.91 Å². The van der Waals surface area contributed by atoms with Crippen molar-refractivity contribution in [1.82, 2.24) is 5.32 Å². The molecule has 0 spiro atoms. The summed E-state index contributed by atoms with van der Waals surface area (Å²) in [6, 6.07) is 13.4. The number of hydrogen-bond donors (Lipinski definition) is 2. The van der Waals surface area contributed by atoms with Crippen LogP contribution in [0.5, 0.6) is 0 Å². The SMILES string of the molecule is CC1(C)C(=O)Nc2cc(C(=O)NC(CS(C)(=O)=O)c3ccccc3)ccc21. The van der Waals surface area contributed by atoms with Crippen LogP contribution in [0.15, 0.2) is 48.5 Å². The van der Waals surface area contributed by atoms with Crippen molar-refractivity contribution < 1.29 is 18.0 Å². The van der Waals surface area contributed by atoms with Crippen LogP contribution in [0.4, 0.5) is 5.69 Å². The second-order valence-corrected chi connectivity index (χ2v) is 9.55. The zero-order valence-corrected chi connectivity index (χ0v) is 16.3. The third-order valence-corrected chi connectivity index (χ3v) is 5.69. The average molecular weight is 386 g/mol. The number of carbonyl (C=O) groups excluding carboxylic acids is 2. The van der Waals surface area contributed by atoms with Gasteiger partial charge in [0.2, 0.25) is 5.91 Å². The van der Waals surface area contributed by atoms with Crippen molar-refractivity contribution in [2.75, 3.05) is 17.3 Å². The molecule has 0 bridgehead atoms. The van der Waals surface area contributed by atoms with Gasteiger partial charge in [-0.1, -0.05) is 36.4 Å². The van der Waals surface area contributed by atoms with E-state index in [1.807, 2.05) is 19.9 Å². The minimum absolute atomic E-state index is 0.116. The van der Waals surface area contributed by atoms with E-state index in [1.165, 1.54) is 0 Å². The van der Waals surface area contributed by atoms with Crippen LogP contribution in [0.3, 0.4) is 0 Å². The van der Waals surface area contributed by atoms with Crippen molar-refractivity contribution in [3.8, 4) is 0 Å². The fourth-order valence-corrected chi connectivity index (χ4v) is 4.07. The van der Waals surface area contributed by atoms with E-state index in [-0.39, 0.29) is 11.7 Å². The first-order chi connectivity index (χ1) is 12.6. The van der Waals surface area contributed by atoms with Crippen LogP contribution >= 0.6 is 0 Å². The van der Waals surface area contributed by atoms with Gasteiger partial charge >= 0.3 is 0 Å². The van der Waals surface area contributed by atoms with Gasteiger partial charge in [-0.15, -0.1) is 0 Å². The highest BCUT2D eigenvalue weighted by Gasteiger charge is 2.38. The Kier molecular flexibility index (Phi) is 4.82. The Morgan fingerprint density at radius 2 is 1.81 bits per heavy atom. The molecule has 0 aromatic heterocycles. The molecule has 0 radical (unpaired) electrons. The van der Waals surface area contributed by atoms with Crippen molar-refractivity contribution in [3.63, 3.8) is 0 Å². The molecule has 27 heavy (non-hydrogen) atoms. The number of nitrogens with one attached hydrogen (secondary N) is 2. The Morgan fingerprint density at radius 3 is 2.44 bits per heavy atom. The quantitative estimate of drug-likeness (QED) is 0.825. The summed E-state index contributed by atoms with van der Waals surface area (Å²) in [6.45, 7) is 3.65. The van der Waals surface area contributed by atoms with Gasteiger partial charge in [0.1, 0.15) is 9.84 Å². The molecule has 3 rings (SSSR count). The third-order valence-electron chi connectivity index (χ3n) is 4.75. The standard InChI is InChI=1S/C20H22N2O4S/c1-20(2)15-10-9-14(11-16(15)22-19(20)24)18(23)21-17(12-27(3,25)26)13-7-5-4-6-8-13/h4-11,17H,12H2,1-3H3,(H,21,23)(H,22,24). The highest BCUT2D eigenvalue weighted by molar-refractivity contribution is 7.90. The van der Waals surface area contributed by atoms with Crippen LogP contribution in [0, 0.1) is 0 Å². The monoisotopic (exact) mass is 386 g/mol. The van der Waals surface area contributed by atoms with Crippen LogP contribution in [0.25, 0.3) is 0 Å². The molecule has 2 N–H and O–H groups in total. The van der Waals surface area contributed by atoms with E-state index in [2.05, 4.69) is 10.6 Å². The third kappa shape index (κ3) is 4.03. The second kappa shape index (κ2) is 6.81. The Morgan fingerprint density at radius 1 is 1.15 bits per heavy atom. The molecule has 1 atom stereocenters. The van der Waals surface area contributed by atoms with Gasteiger partial charge in [-0.3, -0.25) is 9.59 Å². The van der Waals surface area contributed by atoms with E-state index in [9.17, 15) is 18.0 Å². The predicted octanol–water partition coefficient (Wildman–Crippen LogP) is 2.43. The summed E-state index contributed by atoms with van der Waals surface area (Å²) in [5.41, 5.74) is 1.87. The second-order valence-electron chi connectivity index (χ2n) is 7.37. The van der Waals surface area contributed by atoms with E-state index in [0.29, 0.717) is 16.8 Å². The summed E-state index contributed by atoms with van der Waals surface area (Å²) in [7, 11) is -3.30. The summed E-state index contributed by atoms with van der Waals surface area (Å²) in [6.07, 6.45) is 1.14. The zero-order chi connectivity index (χ0) is 19.8. The maximum Gasteiger partial charge on any atom is 0.251 e. The largest absolute Gasteiger partial charge is 0.344 e. The molecular weight excluding hydrogens is 364 g/mol. The van der Waals surface area contributed by atoms with Gasteiger partial charge in [0, 0.05) is 17.5 Å². The van der Waals surface area contributed by atoms with Gasteiger partial charge in [-0.25, -0.2) is 8.42 Å². The lowest BCUT2D eigenvalue weighted by molar-refractivity contribution is -0.119. The molecule has 2 amide bonds. The van der Waals surface area contributed by atoms with Crippen molar-refractivity contribution in [3.05, 3.63) is 65.2 Å². The maximum atomic E-state index is 12.7. The molecule has 2 aromatic rings. The first-order valence-electron chi connectivity index (χ1n) is 8.57. The molecule has 6 nitrogen and oxygen atoms in total. The Hall–Kier alpha value is -2.67. The highest BCUT2D eigenvalue weighted by Crippen LogP contribution is 2.37. The number of rotatable bonds is 5. The smallest absolute Gasteiger partial charge is 0.251 e. The van der Waals surface area contributed by atoms with Crippen molar-refractivity contribution in [2.24, 2.45) is 0 Å². The van der Waals surface area contributed by atoms with Gasteiger partial charge in [-0.2, -0.15) is 0 Å². The normalized spacial score (nSPS) is 16.3. The molecule has 142 valence electrons. The molecule has 1 aliphatic heterocycles. The van der Waals surface area contributed by atoms with Crippen molar-refractivity contribution in [2.45, 2.75) is 25.3 Å². The fraction of sp³-hybridized carbons (Fsp3) is 0.300. The van der Waals surface area contributed by atoms with Crippen LogP contribution in [0.2, 0.25) is 0 Å². The van der Waals surface area contributed by atoms with Gasteiger partial charge < -0.3 is 10.6 Å². The molecule has 1 heterocycles. The van der Waals surface area contributed by atoms with E-state index in [0.717, 1.165) is 11.8 Å². The summed E-state index contributed by atoms with van der Waals surface area (Å²) >= 11 is 0. The molecular formula is C20H22N2O4S. The van der Waals surface area contributed by atoms with Crippen molar-refractivity contribution >= 4 is 27.3 Å². The number of carbonyl (C=O) groups is 2. The molecule has 0 saturated carbocycles. The van der Waals surface area contributed by atoms with Crippen LogP contribution in [0.1, 0.15) is 41.4 Å². The first kappa shape index (κ1) is 19.1. The fourth-order valence-electron chi connectivity index (χ4n) is 3.19. The number of benzene rings is 2. The minimum atomic E-state index is -3.30. The van der Waals surface area contributed by atoms with Gasteiger partial charge in [0.15, 0.2) is 0 Å². The Balaban J connectivity index is 1.87. The minimum Gasteiger partial charge on any atom is -0.344 e. The van der Waals surface area contributed by atoms with Gasteiger partial charge in [-0.05, 0) is 37.1 Å². The van der Waals surface area contributed by atoms with Crippen LogP contribution in [-0.4, -0.2) is 32.2 Å². The zero-order valence-electron chi connectivity index (χ0n) is 15.4. The lowest BCUT2D eigenvalue weighted by atomic mass is 9.86. The molecule has 0 fully saturated rings. The number of anilines is 1. The molecule has 0 aliphatic carbocycles. The number of hydrogen-bond acceptors (Lipinski definition) is 4. The summed E-state index contributed by atoms with van der Waals surface area (Å²) in [5.74, 6) is -0.708. The van der Waals surface area contributed by atoms with E-state index < -0.39 is 27.2 Å². The topological polar surface area (TPSA) is 92.3 Å². The number of fused-ring (bicyclic) bond motifs is 1. The Labute approximate surface area is 158 Å². The number of sulfone groups is 1. The Bertz CT molecular complexity index is 998. The van der Waals surface area contributed by atoms with Crippen LogP contribution in [-0.2, 0) is 20.0 Å². The molecule has 1 aliphatic rings. The summed E-state index contributed by atoms with van der Waals surface area (Å²) in [4.78, 5) is 24.8. The van der Waals surface area contributed by atoms with Gasteiger partial charge in [0.05, 0.1) is 17.2 Å². The van der Waals surface area contributed by atoms with E-state index in [4.69, 9.17) is 0 Å². The molecule has 1 unspecified atom stereocenters. The van der Waals surface area contributed by atoms with Crippen LogP contribution < -0.4 is 10.6 Å². The lowest BCUT2D eigenvalue weighted by Crippen LogP contribution is -2.33. The maximum absolute atomic E-state index is 12.7. The molecule has 2 aromatic carbocycles. The summed E-state index contributed by atoms with van der Waals surface area (Å²) < 4.78 is 23.6. The predicted molar refractivity (Wildman–Crippen MR) is 104 cm³/mol.